The number of carbonyl (C=O) groups excluding carboxylic acids is 1. The van der Waals surface area contributed by atoms with Gasteiger partial charge in [-0.05, 0) is 36.2 Å². The van der Waals surface area contributed by atoms with Gasteiger partial charge in [-0.3, -0.25) is 4.79 Å². The molecular formula is C21H26ClN3O2. The number of para-hydroxylation sites is 2. The summed E-state index contributed by atoms with van der Waals surface area (Å²) in [6.07, 6.45) is 1.24. The van der Waals surface area contributed by atoms with Crippen molar-refractivity contribution in [1.29, 1.82) is 0 Å². The highest BCUT2D eigenvalue weighted by molar-refractivity contribution is 6.30. The Kier molecular flexibility index (Phi) is 7.36. The maximum atomic E-state index is 12.1. The molecule has 0 unspecified atom stereocenters. The summed E-state index contributed by atoms with van der Waals surface area (Å²) in [5.41, 5.74) is 3.40. The van der Waals surface area contributed by atoms with E-state index >= 15 is 0 Å². The molecule has 6 heteroatoms. The molecule has 0 saturated carbocycles. The predicted molar refractivity (Wildman–Crippen MR) is 111 cm³/mol. The second-order valence-corrected chi connectivity index (χ2v) is 6.96. The lowest BCUT2D eigenvalue weighted by Crippen LogP contribution is -2.36. The van der Waals surface area contributed by atoms with Crippen LogP contribution in [0.1, 0.15) is 12.0 Å². The number of anilines is 2. The highest BCUT2D eigenvalue weighted by Crippen LogP contribution is 2.26. The molecular weight excluding hydrogens is 362 g/mol. The zero-order valence-corrected chi connectivity index (χ0v) is 16.2. The van der Waals surface area contributed by atoms with E-state index in [0.717, 1.165) is 49.0 Å². The summed E-state index contributed by atoms with van der Waals surface area (Å²) in [6, 6.07) is 15.9. The first-order valence-corrected chi connectivity index (χ1v) is 9.77. The molecule has 27 heavy (non-hydrogen) atoms. The fourth-order valence-electron chi connectivity index (χ4n) is 3.10. The van der Waals surface area contributed by atoms with Crippen LogP contribution in [0.5, 0.6) is 0 Å². The monoisotopic (exact) mass is 387 g/mol. The standard InChI is InChI=1S/C21H26ClN3O2/c22-18-7-5-17(6-8-18)9-11-24-21(26)10-12-23-19-3-1-2-4-20(19)25-13-15-27-16-14-25/h1-8,23H,9-16H2,(H,24,26). The van der Waals surface area contributed by atoms with E-state index in [9.17, 15) is 4.79 Å². The minimum absolute atomic E-state index is 0.0558. The number of ether oxygens (including phenoxy) is 1. The topological polar surface area (TPSA) is 53.6 Å². The Balaban J connectivity index is 1.40. The van der Waals surface area contributed by atoms with Crippen LogP contribution in [0.4, 0.5) is 11.4 Å². The third kappa shape index (κ3) is 6.15. The Labute approximate surface area is 165 Å². The van der Waals surface area contributed by atoms with Crippen LogP contribution in [-0.2, 0) is 16.0 Å². The highest BCUT2D eigenvalue weighted by Gasteiger charge is 2.14. The number of carbonyl (C=O) groups is 1. The molecule has 0 atom stereocenters. The molecule has 3 rings (SSSR count). The fourth-order valence-corrected chi connectivity index (χ4v) is 3.23. The Morgan fingerprint density at radius 2 is 1.78 bits per heavy atom. The number of morpholine rings is 1. The lowest BCUT2D eigenvalue weighted by atomic mass is 10.1. The van der Waals surface area contributed by atoms with Gasteiger partial charge >= 0.3 is 0 Å². The summed E-state index contributed by atoms with van der Waals surface area (Å²) in [5.74, 6) is 0.0558. The Hall–Kier alpha value is -2.24. The van der Waals surface area contributed by atoms with Gasteiger partial charge in [0, 0.05) is 37.6 Å². The van der Waals surface area contributed by atoms with Crippen molar-refractivity contribution < 1.29 is 9.53 Å². The van der Waals surface area contributed by atoms with Crippen molar-refractivity contribution in [2.24, 2.45) is 0 Å². The van der Waals surface area contributed by atoms with Crippen LogP contribution in [-0.4, -0.2) is 45.3 Å². The average molecular weight is 388 g/mol. The van der Waals surface area contributed by atoms with E-state index in [-0.39, 0.29) is 5.91 Å². The molecule has 5 nitrogen and oxygen atoms in total. The van der Waals surface area contributed by atoms with Gasteiger partial charge < -0.3 is 20.3 Å². The molecule has 2 N–H and O–H groups in total. The molecule has 0 bridgehead atoms. The van der Waals surface area contributed by atoms with E-state index in [4.69, 9.17) is 16.3 Å². The summed E-state index contributed by atoms with van der Waals surface area (Å²) in [7, 11) is 0. The quantitative estimate of drug-likeness (QED) is 0.729. The molecule has 2 aromatic carbocycles. The van der Waals surface area contributed by atoms with Gasteiger partial charge in [-0.1, -0.05) is 35.9 Å². The van der Waals surface area contributed by atoms with Crippen LogP contribution in [0.15, 0.2) is 48.5 Å². The molecule has 0 aliphatic carbocycles. The van der Waals surface area contributed by atoms with Gasteiger partial charge in [0.25, 0.3) is 0 Å². The van der Waals surface area contributed by atoms with E-state index in [0.29, 0.717) is 19.5 Å². The summed E-state index contributed by atoms with van der Waals surface area (Å²) >= 11 is 5.88. The van der Waals surface area contributed by atoms with Crippen molar-refractivity contribution in [2.75, 3.05) is 49.6 Å². The fraction of sp³-hybridized carbons (Fsp3) is 0.381. The second-order valence-electron chi connectivity index (χ2n) is 6.52. The van der Waals surface area contributed by atoms with E-state index in [2.05, 4.69) is 27.7 Å². The van der Waals surface area contributed by atoms with Crippen molar-refractivity contribution in [2.45, 2.75) is 12.8 Å². The number of amides is 1. The number of halogens is 1. The van der Waals surface area contributed by atoms with Crippen molar-refractivity contribution in [3.8, 4) is 0 Å². The third-order valence-corrected chi connectivity index (χ3v) is 4.82. The smallest absolute Gasteiger partial charge is 0.221 e. The summed E-state index contributed by atoms with van der Waals surface area (Å²) in [4.78, 5) is 14.4. The maximum Gasteiger partial charge on any atom is 0.221 e. The minimum atomic E-state index is 0.0558. The first-order chi connectivity index (χ1) is 13.2. The predicted octanol–water partition coefficient (Wildman–Crippen LogP) is 3.34. The number of hydrogen-bond donors (Lipinski definition) is 2. The molecule has 1 saturated heterocycles. The molecule has 1 aliphatic heterocycles. The number of hydrogen-bond acceptors (Lipinski definition) is 4. The highest BCUT2D eigenvalue weighted by atomic mass is 35.5. The zero-order chi connectivity index (χ0) is 18.9. The Morgan fingerprint density at radius 1 is 1.04 bits per heavy atom. The van der Waals surface area contributed by atoms with E-state index in [1.54, 1.807) is 0 Å². The molecule has 2 aromatic rings. The lowest BCUT2D eigenvalue weighted by molar-refractivity contribution is -0.120. The van der Waals surface area contributed by atoms with Crippen molar-refractivity contribution in [3.63, 3.8) is 0 Å². The molecule has 0 aromatic heterocycles. The van der Waals surface area contributed by atoms with E-state index in [1.807, 2.05) is 36.4 Å². The summed E-state index contributed by atoms with van der Waals surface area (Å²) < 4.78 is 5.43. The van der Waals surface area contributed by atoms with Crippen LogP contribution in [0.3, 0.4) is 0 Å². The van der Waals surface area contributed by atoms with E-state index in [1.165, 1.54) is 5.69 Å². The van der Waals surface area contributed by atoms with Gasteiger partial charge in [0.15, 0.2) is 0 Å². The third-order valence-electron chi connectivity index (χ3n) is 4.57. The van der Waals surface area contributed by atoms with Crippen molar-refractivity contribution in [3.05, 3.63) is 59.1 Å². The van der Waals surface area contributed by atoms with Gasteiger partial charge in [-0.2, -0.15) is 0 Å². The van der Waals surface area contributed by atoms with Crippen LogP contribution in [0, 0.1) is 0 Å². The number of benzene rings is 2. The minimum Gasteiger partial charge on any atom is -0.383 e. The summed E-state index contributed by atoms with van der Waals surface area (Å²) in [5, 5.41) is 7.10. The normalized spacial score (nSPS) is 14.0. The average Bonchev–Trinajstić information content (AvgIpc) is 2.70. The van der Waals surface area contributed by atoms with Crippen molar-refractivity contribution in [1.82, 2.24) is 5.32 Å². The summed E-state index contributed by atoms with van der Waals surface area (Å²) in [6.45, 7) is 4.53. The second kappa shape index (κ2) is 10.2. The first kappa shape index (κ1) is 19.5. The molecule has 0 radical (unpaired) electrons. The van der Waals surface area contributed by atoms with Crippen LogP contribution >= 0.6 is 11.6 Å². The molecule has 1 aliphatic rings. The lowest BCUT2D eigenvalue weighted by Gasteiger charge is -2.30. The first-order valence-electron chi connectivity index (χ1n) is 9.39. The Bertz CT molecular complexity index is 730. The van der Waals surface area contributed by atoms with Gasteiger partial charge in [-0.25, -0.2) is 0 Å². The van der Waals surface area contributed by atoms with Gasteiger partial charge in [-0.15, -0.1) is 0 Å². The van der Waals surface area contributed by atoms with Gasteiger partial charge in [0.1, 0.15) is 0 Å². The molecule has 1 fully saturated rings. The van der Waals surface area contributed by atoms with Crippen LogP contribution < -0.4 is 15.5 Å². The Morgan fingerprint density at radius 3 is 2.56 bits per heavy atom. The number of rotatable bonds is 8. The number of nitrogens with one attached hydrogen (secondary N) is 2. The number of nitrogens with zero attached hydrogens (tertiary/aromatic N) is 1. The maximum absolute atomic E-state index is 12.1. The van der Waals surface area contributed by atoms with Gasteiger partial charge in [0.2, 0.25) is 5.91 Å². The molecule has 0 spiro atoms. The van der Waals surface area contributed by atoms with Crippen LogP contribution in [0.25, 0.3) is 0 Å². The van der Waals surface area contributed by atoms with E-state index < -0.39 is 0 Å². The molecule has 1 heterocycles. The van der Waals surface area contributed by atoms with Crippen LogP contribution in [0.2, 0.25) is 5.02 Å². The van der Waals surface area contributed by atoms with Crippen molar-refractivity contribution >= 4 is 28.9 Å². The van der Waals surface area contributed by atoms with Gasteiger partial charge in [0.05, 0.1) is 24.6 Å². The molecule has 1 amide bonds. The molecule has 144 valence electrons. The SMILES string of the molecule is O=C(CCNc1ccccc1N1CCOCC1)NCCc1ccc(Cl)cc1. The largest absolute Gasteiger partial charge is 0.383 e. The zero-order valence-electron chi connectivity index (χ0n) is 15.4.